The fourth-order valence-electron chi connectivity index (χ4n) is 4.11. The molecular weight excluding hydrogens is 433 g/mol. The van der Waals surface area contributed by atoms with Gasteiger partial charge in [0.1, 0.15) is 0 Å². The average Bonchev–Trinajstić information content (AvgIpc) is 2.92. The first-order chi connectivity index (χ1) is 14.7. The molecule has 1 heterocycles. The zero-order valence-corrected chi connectivity index (χ0v) is 18.7. The van der Waals surface area contributed by atoms with Crippen LogP contribution < -0.4 is 4.90 Å². The zero-order valence-electron chi connectivity index (χ0n) is 17.2. The van der Waals surface area contributed by atoms with E-state index >= 15 is 0 Å². The Morgan fingerprint density at radius 1 is 1.00 bits per heavy atom. The number of benzene rings is 3. The number of amides is 1. The number of para-hydroxylation sites is 1. The lowest BCUT2D eigenvalue weighted by Crippen LogP contribution is -2.41. The van der Waals surface area contributed by atoms with E-state index in [0.29, 0.717) is 26.9 Å². The van der Waals surface area contributed by atoms with Gasteiger partial charge in [0.25, 0.3) is 5.91 Å². The Balaban J connectivity index is 1.69. The Morgan fingerprint density at radius 2 is 1.74 bits per heavy atom. The largest absolute Gasteiger partial charge is 0.375 e. The van der Waals surface area contributed by atoms with Crippen molar-refractivity contribution >= 4 is 40.6 Å². The summed E-state index contributed by atoms with van der Waals surface area (Å²) < 4.78 is 0. The Bertz CT molecular complexity index is 1210. The highest BCUT2D eigenvalue weighted by Gasteiger charge is 2.50. The molecular formula is C25H21Cl2NO3. The van der Waals surface area contributed by atoms with Gasteiger partial charge in [-0.15, -0.1) is 0 Å². The number of aryl methyl sites for hydroxylation is 2. The van der Waals surface area contributed by atoms with Crippen LogP contribution in [0.25, 0.3) is 0 Å². The zero-order chi connectivity index (χ0) is 22.3. The van der Waals surface area contributed by atoms with Crippen LogP contribution in [0.2, 0.25) is 10.0 Å². The molecule has 1 amide bonds. The van der Waals surface area contributed by atoms with Crippen LogP contribution in [0, 0.1) is 13.8 Å². The van der Waals surface area contributed by atoms with Crippen LogP contribution in [0.4, 0.5) is 5.69 Å². The average molecular weight is 454 g/mol. The van der Waals surface area contributed by atoms with E-state index in [9.17, 15) is 14.7 Å². The van der Waals surface area contributed by atoms with Gasteiger partial charge in [-0.3, -0.25) is 9.59 Å². The van der Waals surface area contributed by atoms with Crippen molar-refractivity contribution in [1.82, 2.24) is 0 Å². The van der Waals surface area contributed by atoms with Crippen molar-refractivity contribution in [2.24, 2.45) is 0 Å². The molecule has 0 bridgehead atoms. The number of nitrogens with zero attached hydrogens (tertiary/aromatic N) is 1. The summed E-state index contributed by atoms with van der Waals surface area (Å²) in [5.41, 5.74) is 2.21. The number of Topliss-reactive ketones (excluding diaryl/α,β-unsaturated/α-hetero) is 1. The van der Waals surface area contributed by atoms with Crippen LogP contribution in [-0.2, 0) is 16.9 Å². The molecule has 0 aromatic heterocycles. The third-order valence-corrected chi connectivity index (χ3v) is 6.40. The Morgan fingerprint density at radius 3 is 2.45 bits per heavy atom. The molecule has 3 aromatic carbocycles. The highest BCUT2D eigenvalue weighted by atomic mass is 35.5. The Kier molecular flexibility index (Phi) is 5.65. The molecule has 4 nitrogen and oxygen atoms in total. The number of hydrogen-bond acceptors (Lipinski definition) is 3. The van der Waals surface area contributed by atoms with Crippen LogP contribution in [0.1, 0.15) is 39.0 Å². The maximum absolute atomic E-state index is 13.4. The molecule has 0 spiro atoms. The van der Waals surface area contributed by atoms with E-state index in [0.717, 1.165) is 16.7 Å². The highest BCUT2D eigenvalue weighted by molar-refractivity contribution is 6.42. The summed E-state index contributed by atoms with van der Waals surface area (Å²) >= 11 is 12.1. The van der Waals surface area contributed by atoms with E-state index in [1.807, 2.05) is 26.0 Å². The first-order valence-electron chi connectivity index (χ1n) is 9.89. The third-order valence-electron chi connectivity index (χ3n) is 5.66. The second kappa shape index (κ2) is 8.12. The number of carbonyl (C=O) groups is 2. The summed E-state index contributed by atoms with van der Waals surface area (Å²) in [7, 11) is 0. The van der Waals surface area contributed by atoms with Gasteiger partial charge in [-0.05, 0) is 43.2 Å². The number of ketones is 1. The second-order valence-electron chi connectivity index (χ2n) is 7.94. The summed E-state index contributed by atoms with van der Waals surface area (Å²) in [5.74, 6) is -0.808. The molecule has 1 unspecified atom stereocenters. The van der Waals surface area contributed by atoms with Crippen molar-refractivity contribution < 1.29 is 14.7 Å². The van der Waals surface area contributed by atoms with Gasteiger partial charge >= 0.3 is 0 Å². The van der Waals surface area contributed by atoms with Gasteiger partial charge in [0.05, 0.1) is 28.7 Å². The van der Waals surface area contributed by atoms with Gasteiger partial charge in [-0.25, -0.2) is 0 Å². The first kappa shape index (κ1) is 21.6. The molecule has 1 aliphatic heterocycles. The number of carbonyl (C=O) groups excluding carboxylic acids is 2. The number of anilines is 1. The SMILES string of the molecule is Cc1ccc(C(=O)CC2(O)C(=O)N(Cc3ccc(Cl)c(Cl)c3)c3ccccc32)c(C)c1. The maximum Gasteiger partial charge on any atom is 0.264 e. The van der Waals surface area contributed by atoms with Crippen LogP contribution in [0.15, 0.2) is 60.7 Å². The minimum absolute atomic E-state index is 0.201. The predicted octanol–water partition coefficient (Wildman–Crippen LogP) is 5.62. The lowest BCUT2D eigenvalue weighted by atomic mass is 9.87. The summed E-state index contributed by atoms with van der Waals surface area (Å²) in [4.78, 5) is 28.0. The van der Waals surface area contributed by atoms with Crippen LogP contribution in [0.5, 0.6) is 0 Å². The monoisotopic (exact) mass is 453 g/mol. The lowest BCUT2D eigenvalue weighted by Gasteiger charge is -2.23. The molecule has 0 saturated heterocycles. The van der Waals surface area contributed by atoms with Gasteiger partial charge in [0.2, 0.25) is 0 Å². The van der Waals surface area contributed by atoms with Gasteiger partial charge in [0.15, 0.2) is 11.4 Å². The molecule has 0 radical (unpaired) electrons. The van der Waals surface area contributed by atoms with Crippen molar-refractivity contribution in [3.8, 4) is 0 Å². The molecule has 1 aliphatic rings. The fraction of sp³-hybridized carbons (Fsp3) is 0.200. The number of halogens is 2. The smallest absolute Gasteiger partial charge is 0.264 e. The Hall–Kier alpha value is -2.66. The van der Waals surface area contributed by atoms with Crippen LogP contribution in [-0.4, -0.2) is 16.8 Å². The standard InChI is InChI=1S/C25H21Cl2NO3/c1-15-7-9-18(16(2)11-15)23(29)13-25(31)19-5-3-4-6-22(19)28(24(25)30)14-17-8-10-20(26)21(27)12-17/h3-12,31H,13-14H2,1-2H3. The molecule has 0 saturated carbocycles. The predicted molar refractivity (Wildman–Crippen MR) is 123 cm³/mol. The number of hydrogen-bond donors (Lipinski definition) is 1. The van der Waals surface area contributed by atoms with E-state index in [-0.39, 0.29) is 18.7 Å². The molecule has 6 heteroatoms. The van der Waals surface area contributed by atoms with Gasteiger partial charge in [0, 0.05) is 11.1 Å². The van der Waals surface area contributed by atoms with Crippen LogP contribution >= 0.6 is 23.2 Å². The topological polar surface area (TPSA) is 57.6 Å². The molecule has 1 N–H and O–H groups in total. The van der Waals surface area contributed by atoms with Gasteiger partial charge < -0.3 is 10.0 Å². The maximum atomic E-state index is 13.4. The van der Waals surface area contributed by atoms with E-state index in [4.69, 9.17) is 23.2 Å². The number of aliphatic hydroxyl groups is 1. The lowest BCUT2D eigenvalue weighted by molar-refractivity contribution is -0.136. The molecule has 1 atom stereocenters. The summed E-state index contributed by atoms with van der Waals surface area (Å²) in [6, 6.07) is 17.7. The van der Waals surface area contributed by atoms with Crippen molar-refractivity contribution in [2.75, 3.05) is 4.90 Å². The minimum atomic E-state index is -1.93. The fourth-order valence-corrected chi connectivity index (χ4v) is 4.43. The minimum Gasteiger partial charge on any atom is -0.375 e. The second-order valence-corrected chi connectivity index (χ2v) is 8.75. The van der Waals surface area contributed by atoms with Crippen molar-refractivity contribution in [2.45, 2.75) is 32.4 Å². The van der Waals surface area contributed by atoms with Gasteiger partial charge in [-0.2, -0.15) is 0 Å². The van der Waals surface area contributed by atoms with E-state index in [1.165, 1.54) is 4.90 Å². The molecule has 4 rings (SSSR count). The van der Waals surface area contributed by atoms with Crippen molar-refractivity contribution in [3.05, 3.63) is 98.5 Å². The summed E-state index contributed by atoms with van der Waals surface area (Å²) in [6.45, 7) is 4.00. The van der Waals surface area contributed by atoms with Crippen molar-refractivity contribution in [3.63, 3.8) is 0 Å². The van der Waals surface area contributed by atoms with E-state index in [2.05, 4.69) is 0 Å². The molecule has 0 aliphatic carbocycles. The molecule has 158 valence electrons. The molecule has 31 heavy (non-hydrogen) atoms. The highest BCUT2D eigenvalue weighted by Crippen LogP contribution is 2.43. The van der Waals surface area contributed by atoms with Crippen LogP contribution in [0.3, 0.4) is 0 Å². The first-order valence-corrected chi connectivity index (χ1v) is 10.6. The van der Waals surface area contributed by atoms with Gasteiger partial charge in [-0.1, -0.05) is 71.2 Å². The Labute approximate surface area is 191 Å². The third kappa shape index (κ3) is 3.87. The summed E-state index contributed by atoms with van der Waals surface area (Å²) in [6.07, 6.45) is -0.329. The number of rotatable bonds is 5. The summed E-state index contributed by atoms with van der Waals surface area (Å²) in [5, 5.41) is 12.3. The van der Waals surface area contributed by atoms with Crippen molar-refractivity contribution in [1.29, 1.82) is 0 Å². The van der Waals surface area contributed by atoms with E-state index < -0.39 is 11.5 Å². The quantitative estimate of drug-likeness (QED) is 0.510. The van der Waals surface area contributed by atoms with E-state index in [1.54, 1.807) is 48.5 Å². The molecule has 3 aromatic rings. The normalized spacial score (nSPS) is 17.7. The molecule has 0 fully saturated rings. The number of fused-ring (bicyclic) bond motifs is 1.